The highest BCUT2D eigenvalue weighted by Gasteiger charge is 2.41. The Balaban J connectivity index is 1.69. The van der Waals surface area contributed by atoms with Gasteiger partial charge in [-0.05, 0) is 18.2 Å². The van der Waals surface area contributed by atoms with E-state index in [0.29, 0.717) is 40.3 Å². The molecule has 158 valence electrons. The summed E-state index contributed by atoms with van der Waals surface area (Å²) in [6.07, 6.45) is 2.88. The molecule has 0 aliphatic carbocycles. The van der Waals surface area contributed by atoms with Gasteiger partial charge < -0.3 is 15.5 Å². The molecule has 1 unspecified atom stereocenters. The predicted octanol–water partition coefficient (Wildman–Crippen LogP) is 3.55. The molecule has 3 heterocycles. The number of hydrogen-bond acceptors (Lipinski definition) is 6. The number of nitrogens with zero attached hydrogens (tertiary/aromatic N) is 4. The van der Waals surface area contributed by atoms with Crippen LogP contribution in [0.25, 0.3) is 22.3 Å². The van der Waals surface area contributed by atoms with Crippen molar-refractivity contribution in [3.05, 3.63) is 42.5 Å². The van der Waals surface area contributed by atoms with Gasteiger partial charge in [-0.15, -0.1) is 0 Å². The zero-order valence-corrected chi connectivity index (χ0v) is 16.8. The van der Waals surface area contributed by atoms with Crippen LogP contribution in [0.3, 0.4) is 0 Å². The summed E-state index contributed by atoms with van der Waals surface area (Å²) in [4.78, 5) is 14.9. The van der Waals surface area contributed by atoms with Gasteiger partial charge in [-0.25, -0.2) is 23.1 Å². The Morgan fingerprint density at radius 1 is 1.20 bits per heavy atom. The first-order valence-corrected chi connectivity index (χ1v) is 9.76. The number of nitrogens with one attached hydrogen (secondary N) is 2. The van der Waals surface area contributed by atoms with Gasteiger partial charge in [0.1, 0.15) is 11.3 Å². The van der Waals surface area contributed by atoms with Crippen molar-refractivity contribution < 1.29 is 13.2 Å². The molecular formula is C21H23F3N6. The van der Waals surface area contributed by atoms with E-state index in [1.165, 1.54) is 12.3 Å². The van der Waals surface area contributed by atoms with Gasteiger partial charge in [-0.1, -0.05) is 6.07 Å². The maximum absolute atomic E-state index is 14.5. The van der Waals surface area contributed by atoms with Crippen molar-refractivity contribution in [2.24, 2.45) is 5.92 Å². The van der Waals surface area contributed by atoms with Crippen LogP contribution in [0.5, 0.6) is 0 Å². The van der Waals surface area contributed by atoms with E-state index in [4.69, 9.17) is 0 Å². The largest absolute Gasteiger partial charge is 0.375 e. The van der Waals surface area contributed by atoms with Gasteiger partial charge in [0.05, 0.1) is 22.8 Å². The van der Waals surface area contributed by atoms with Crippen molar-refractivity contribution in [2.75, 3.05) is 43.9 Å². The number of alkyl halides is 2. The van der Waals surface area contributed by atoms with E-state index >= 15 is 0 Å². The molecule has 2 aromatic heterocycles. The Bertz CT molecular complexity index is 1060. The maximum Gasteiger partial charge on any atom is 0.255 e. The monoisotopic (exact) mass is 416 g/mol. The zero-order valence-electron chi connectivity index (χ0n) is 16.8. The van der Waals surface area contributed by atoms with Crippen LogP contribution in [-0.4, -0.2) is 54.6 Å². The lowest BCUT2D eigenvalue weighted by atomic mass is 9.95. The van der Waals surface area contributed by atoms with E-state index in [9.17, 15) is 13.2 Å². The number of rotatable bonds is 5. The summed E-state index contributed by atoms with van der Waals surface area (Å²) in [5.41, 5.74) is 2.56. The number of aromatic nitrogens is 3. The molecular weight excluding hydrogens is 393 g/mol. The molecule has 1 atom stereocenters. The van der Waals surface area contributed by atoms with Crippen molar-refractivity contribution in [2.45, 2.75) is 12.3 Å². The molecule has 1 aromatic carbocycles. The SMILES string of the molecule is CN(C)c1ccc(-c2cc3nccnc3c(NCC3CNCCC3(F)F)n2)cc1F. The van der Waals surface area contributed by atoms with Crippen molar-refractivity contribution in [3.63, 3.8) is 0 Å². The molecule has 1 aliphatic heterocycles. The second-order valence-corrected chi connectivity index (χ2v) is 7.63. The minimum Gasteiger partial charge on any atom is -0.375 e. The van der Waals surface area contributed by atoms with Crippen molar-refractivity contribution in [3.8, 4) is 11.3 Å². The topological polar surface area (TPSA) is 66.0 Å². The molecule has 0 bridgehead atoms. The van der Waals surface area contributed by atoms with Crippen LogP contribution in [0.15, 0.2) is 36.7 Å². The van der Waals surface area contributed by atoms with Gasteiger partial charge in [0.15, 0.2) is 5.82 Å². The number of piperidine rings is 1. The Labute approximate surface area is 172 Å². The standard InChI is InChI=1S/C21H23F3N6/c1-30(2)18-4-3-13(9-15(18)22)16-10-17-19(27-8-7-26-17)20(29-16)28-12-14-11-25-6-5-21(14,23)24/h3-4,7-10,14,25H,5-6,11-12H2,1-2H3,(H,28,29). The van der Waals surface area contributed by atoms with Crippen molar-refractivity contribution >= 4 is 22.5 Å². The number of pyridine rings is 1. The van der Waals surface area contributed by atoms with Crippen molar-refractivity contribution in [1.29, 1.82) is 0 Å². The fourth-order valence-corrected chi connectivity index (χ4v) is 3.60. The lowest BCUT2D eigenvalue weighted by molar-refractivity contribution is -0.0728. The minimum atomic E-state index is -2.75. The van der Waals surface area contributed by atoms with Crippen LogP contribution in [0.1, 0.15) is 6.42 Å². The second kappa shape index (κ2) is 8.06. The Kier molecular flexibility index (Phi) is 5.46. The number of halogens is 3. The van der Waals surface area contributed by atoms with E-state index in [1.54, 1.807) is 43.4 Å². The first-order valence-electron chi connectivity index (χ1n) is 9.76. The summed E-state index contributed by atoms with van der Waals surface area (Å²) in [6.45, 7) is 0.566. The van der Waals surface area contributed by atoms with Crippen LogP contribution in [0.2, 0.25) is 0 Å². The highest BCUT2D eigenvalue weighted by atomic mass is 19.3. The summed E-state index contributed by atoms with van der Waals surface area (Å²) in [5.74, 6) is -3.63. The fourth-order valence-electron chi connectivity index (χ4n) is 3.60. The fraction of sp³-hybridized carbons (Fsp3) is 0.381. The number of anilines is 2. The molecule has 9 heteroatoms. The van der Waals surface area contributed by atoms with E-state index < -0.39 is 11.8 Å². The molecule has 6 nitrogen and oxygen atoms in total. The summed E-state index contributed by atoms with van der Waals surface area (Å²) in [6, 6.07) is 6.57. The number of hydrogen-bond donors (Lipinski definition) is 2. The van der Waals surface area contributed by atoms with Gasteiger partial charge in [0.2, 0.25) is 0 Å². The highest BCUT2D eigenvalue weighted by molar-refractivity contribution is 5.88. The third-order valence-electron chi connectivity index (χ3n) is 5.32. The average Bonchev–Trinajstić information content (AvgIpc) is 2.72. The first-order chi connectivity index (χ1) is 14.3. The molecule has 0 saturated carbocycles. The molecule has 1 saturated heterocycles. The first kappa shape index (κ1) is 20.3. The predicted molar refractivity (Wildman–Crippen MR) is 111 cm³/mol. The van der Waals surface area contributed by atoms with E-state index in [0.717, 1.165) is 0 Å². The van der Waals surface area contributed by atoms with Gasteiger partial charge in [-0.3, -0.25) is 4.98 Å². The van der Waals surface area contributed by atoms with Crippen LogP contribution >= 0.6 is 0 Å². The normalized spacial score (nSPS) is 18.4. The maximum atomic E-state index is 14.5. The van der Waals surface area contributed by atoms with Gasteiger partial charge in [-0.2, -0.15) is 0 Å². The highest BCUT2D eigenvalue weighted by Crippen LogP contribution is 2.32. The van der Waals surface area contributed by atoms with Crippen LogP contribution in [-0.2, 0) is 0 Å². The second-order valence-electron chi connectivity index (χ2n) is 7.63. The van der Waals surface area contributed by atoms with E-state index in [1.807, 2.05) is 0 Å². The Hall–Kier alpha value is -2.94. The molecule has 2 N–H and O–H groups in total. The molecule has 0 amide bonds. The van der Waals surface area contributed by atoms with E-state index in [2.05, 4.69) is 25.6 Å². The molecule has 0 spiro atoms. The molecule has 1 aliphatic rings. The van der Waals surface area contributed by atoms with Crippen LogP contribution < -0.4 is 15.5 Å². The third-order valence-corrected chi connectivity index (χ3v) is 5.32. The number of benzene rings is 1. The molecule has 4 rings (SSSR count). The van der Waals surface area contributed by atoms with Crippen LogP contribution in [0, 0.1) is 11.7 Å². The third kappa shape index (κ3) is 4.02. The minimum absolute atomic E-state index is 0.0378. The van der Waals surface area contributed by atoms with Gasteiger partial charge in [0, 0.05) is 58.1 Å². The molecule has 30 heavy (non-hydrogen) atoms. The summed E-state index contributed by atoms with van der Waals surface area (Å²) in [7, 11) is 3.53. The lowest BCUT2D eigenvalue weighted by Crippen LogP contribution is -2.47. The van der Waals surface area contributed by atoms with Crippen LogP contribution in [0.4, 0.5) is 24.7 Å². The summed E-state index contributed by atoms with van der Waals surface area (Å²) >= 11 is 0. The Morgan fingerprint density at radius 2 is 2.00 bits per heavy atom. The summed E-state index contributed by atoms with van der Waals surface area (Å²) < 4.78 is 42.9. The quantitative estimate of drug-likeness (QED) is 0.663. The smallest absolute Gasteiger partial charge is 0.255 e. The summed E-state index contributed by atoms with van der Waals surface area (Å²) in [5, 5.41) is 6.04. The average molecular weight is 416 g/mol. The lowest BCUT2D eigenvalue weighted by Gasteiger charge is -2.32. The van der Waals surface area contributed by atoms with Gasteiger partial charge in [0.25, 0.3) is 5.92 Å². The zero-order chi connectivity index (χ0) is 21.3. The Morgan fingerprint density at radius 3 is 2.73 bits per heavy atom. The van der Waals surface area contributed by atoms with E-state index in [-0.39, 0.29) is 25.3 Å². The molecule has 3 aromatic rings. The molecule has 1 fully saturated rings. The number of fused-ring (bicyclic) bond motifs is 1. The molecule has 0 radical (unpaired) electrons. The van der Waals surface area contributed by atoms with Gasteiger partial charge >= 0.3 is 0 Å². The van der Waals surface area contributed by atoms with Crippen molar-refractivity contribution in [1.82, 2.24) is 20.3 Å².